The summed E-state index contributed by atoms with van der Waals surface area (Å²) < 4.78 is 0. The third-order valence-electron chi connectivity index (χ3n) is 3.23. The van der Waals surface area contributed by atoms with Crippen LogP contribution in [0.2, 0.25) is 0 Å². The smallest absolute Gasteiger partial charge is 0.0836 e. The quantitative estimate of drug-likeness (QED) is 0.869. The minimum atomic E-state index is -0.544. The molecule has 0 amide bonds. The van der Waals surface area contributed by atoms with E-state index in [4.69, 9.17) is 5.73 Å². The number of aromatic nitrogens is 1. The summed E-state index contributed by atoms with van der Waals surface area (Å²) in [5.41, 5.74) is 10.6. The number of benzene rings is 1. The molecule has 1 aromatic carbocycles. The van der Waals surface area contributed by atoms with E-state index in [0.717, 1.165) is 22.3 Å². The molecule has 1 unspecified atom stereocenters. The summed E-state index contributed by atoms with van der Waals surface area (Å²) in [6.07, 6.45) is 3.32. The topological polar surface area (TPSA) is 59.1 Å². The van der Waals surface area contributed by atoms with Gasteiger partial charge in [0.1, 0.15) is 0 Å². The van der Waals surface area contributed by atoms with Crippen LogP contribution in [0, 0.1) is 13.8 Å². The molecule has 0 fully saturated rings. The molecule has 0 spiro atoms. The van der Waals surface area contributed by atoms with E-state index in [-0.39, 0.29) is 0 Å². The van der Waals surface area contributed by atoms with Gasteiger partial charge in [-0.15, -0.1) is 0 Å². The second-order valence-electron chi connectivity index (χ2n) is 4.60. The molecule has 0 bridgehead atoms. The number of aryl methyl sites for hydroxylation is 2. The van der Waals surface area contributed by atoms with Gasteiger partial charge in [-0.3, -0.25) is 4.98 Å². The first-order valence-corrected chi connectivity index (χ1v) is 6.02. The predicted octanol–water partition coefficient (Wildman–Crippen LogP) is 2.56. The summed E-state index contributed by atoms with van der Waals surface area (Å²) in [5, 5.41) is 10.4. The zero-order valence-corrected chi connectivity index (χ0v) is 10.7. The number of nitrogen functional groups attached to an aromatic ring is 1. The van der Waals surface area contributed by atoms with Crippen molar-refractivity contribution in [2.24, 2.45) is 0 Å². The van der Waals surface area contributed by atoms with Crippen LogP contribution in [0.15, 0.2) is 36.7 Å². The van der Waals surface area contributed by atoms with Crippen molar-refractivity contribution in [1.29, 1.82) is 0 Å². The summed E-state index contributed by atoms with van der Waals surface area (Å²) in [7, 11) is 0. The van der Waals surface area contributed by atoms with Crippen LogP contribution in [0.4, 0.5) is 5.69 Å². The Labute approximate surface area is 107 Å². The van der Waals surface area contributed by atoms with Crippen molar-refractivity contribution in [2.45, 2.75) is 26.4 Å². The van der Waals surface area contributed by atoms with Gasteiger partial charge in [-0.05, 0) is 42.2 Å². The number of aliphatic hydroxyl groups excluding tert-OH is 1. The normalized spacial score (nSPS) is 12.4. The fourth-order valence-corrected chi connectivity index (χ4v) is 2.27. The zero-order valence-electron chi connectivity index (χ0n) is 10.7. The Kier molecular flexibility index (Phi) is 3.63. The number of rotatable bonds is 3. The fraction of sp³-hybridized carbons (Fsp3) is 0.267. The van der Waals surface area contributed by atoms with E-state index in [0.29, 0.717) is 12.1 Å². The maximum absolute atomic E-state index is 10.4. The van der Waals surface area contributed by atoms with Gasteiger partial charge in [0.15, 0.2) is 0 Å². The number of hydrogen-bond donors (Lipinski definition) is 2. The van der Waals surface area contributed by atoms with Crippen LogP contribution in [0.1, 0.15) is 28.4 Å². The highest BCUT2D eigenvalue weighted by Crippen LogP contribution is 2.26. The van der Waals surface area contributed by atoms with E-state index in [9.17, 15) is 5.11 Å². The van der Waals surface area contributed by atoms with E-state index in [2.05, 4.69) is 4.98 Å². The molecule has 1 atom stereocenters. The number of aliphatic hydroxyl groups is 1. The molecule has 2 rings (SSSR count). The van der Waals surface area contributed by atoms with E-state index >= 15 is 0 Å². The predicted molar refractivity (Wildman–Crippen MR) is 73.2 cm³/mol. The van der Waals surface area contributed by atoms with Crippen molar-refractivity contribution in [3.05, 3.63) is 58.9 Å². The number of anilines is 1. The Bertz CT molecular complexity index is 532. The molecule has 18 heavy (non-hydrogen) atoms. The summed E-state index contributed by atoms with van der Waals surface area (Å²) >= 11 is 0. The summed E-state index contributed by atoms with van der Waals surface area (Å²) in [4.78, 5) is 4.05. The zero-order chi connectivity index (χ0) is 13.1. The van der Waals surface area contributed by atoms with Gasteiger partial charge in [0.2, 0.25) is 0 Å². The van der Waals surface area contributed by atoms with Crippen LogP contribution in [0.3, 0.4) is 0 Å². The van der Waals surface area contributed by atoms with Crippen LogP contribution in [-0.2, 0) is 6.42 Å². The second kappa shape index (κ2) is 5.19. The van der Waals surface area contributed by atoms with Crippen molar-refractivity contribution in [2.75, 3.05) is 5.73 Å². The Morgan fingerprint density at radius 1 is 1.22 bits per heavy atom. The highest BCUT2D eigenvalue weighted by Gasteiger charge is 2.14. The molecule has 3 nitrogen and oxygen atoms in total. The van der Waals surface area contributed by atoms with Gasteiger partial charge < -0.3 is 10.8 Å². The maximum Gasteiger partial charge on any atom is 0.0836 e. The molecule has 1 aromatic heterocycles. The highest BCUT2D eigenvalue weighted by molar-refractivity contribution is 5.46. The van der Waals surface area contributed by atoms with Crippen molar-refractivity contribution in [3.8, 4) is 0 Å². The standard InChI is InChI=1S/C15H18N2O/c1-10-4-3-5-11(2)15(10)14(18)8-12-9-17-7-6-13(12)16/h3-7,9,14,18H,8H2,1-2H3,(H2,16,17). The van der Waals surface area contributed by atoms with Gasteiger partial charge in [-0.2, -0.15) is 0 Å². The Morgan fingerprint density at radius 2 is 1.89 bits per heavy atom. The molecule has 3 heteroatoms. The number of hydrogen-bond acceptors (Lipinski definition) is 3. The third kappa shape index (κ3) is 2.51. The van der Waals surface area contributed by atoms with E-state index in [1.165, 1.54) is 0 Å². The van der Waals surface area contributed by atoms with Gasteiger partial charge in [-0.1, -0.05) is 18.2 Å². The number of nitrogens with two attached hydrogens (primary N) is 1. The van der Waals surface area contributed by atoms with Gasteiger partial charge in [0.25, 0.3) is 0 Å². The molecule has 0 radical (unpaired) electrons. The van der Waals surface area contributed by atoms with Crippen LogP contribution in [0.5, 0.6) is 0 Å². The number of nitrogens with zero attached hydrogens (tertiary/aromatic N) is 1. The SMILES string of the molecule is Cc1cccc(C)c1C(O)Cc1cnccc1N. The monoisotopic (exact) mass is 242 g/mol. The first-order chi connectivity index (χ1) is 8.59. The van der Waals surface area contributed by atoms with Crippen LogP contribution >= 0.6 is 0 Å². The molecular weight excluding hydrogens is 224 g/mol. The van der Waals surface area contributed by atoms with Crippen LogP contribution in [-0.4, -0.2) is 10.1 Å². The summed E-state index contributed by atoms with van der Waals surface area (Å²) in [6.45, 7) is 4.02. The lowest BCUT2D eigenvalue weighted by molar-refractivity contribution is 0.177. The molecule has 2 aromatic rings. The Morgan fingerprint density at radius 3 is 2.50 bits per heavy atom. The minimum Gasteiger partial charge on any atom is -0.398 e. The Hall–Kier alpha value is -1.87. The van der Waals surface area contributed by atoms with Gasteiger partial charge in [-0.25, -0.2) is 0 Å². The van der Waals surface area contributed by atoms with Crippen molar-refractivity contribution < 1.29 is 5.11 Å². The van der Waals surface area contributed by atoms with Crippen molar-refractivity contribution in [3.63, 3.8) is 0 Å². The average Bonchev–Trinajstić information content (AvgIpc) is 2.32. The van der Waals surface area contributed by atoms with E-state index in [1.807, 2.05) is 32.0 Å². The fourth-order valence-electron chi connectivity index (χ4n) is 2.27. The van der Waals surface area contributed by atoms with Crippen LogP contribution in [0.25, 0.3) is 0 Å². The van der Waals surface area contributed by atoms with E-state index in [1.54, 1.807) is 18.5 Å². The van der Waals surface area contributed by atoms with E-state index < -0.39 is 6.10 Å². The molecule has 0 saturated heterocycles. The second-order valence-corrected chi connectivity index (χ2v) is 4.60. The average molecular weight is 242 g/mol. The molecule has 1 heterocycles. The van der Waals surface area contributed by atoms with Gasteiger partial charge in [0.05, 0.1) is 6.10 Å². The number of pyridine rings is 1. The molecular formula is C15H18N2O. The maximum atomic E-state index is 10.4. The lowest BCUT2D eigenvalue weighted by atomic mass is 9.94. The molecule has 0 aliphatic rings. The summed E-state index contributed by atoms with van der Waals surface area (Å²) in [5.74, 6) is 0. The minimum absolute atomic E-state index is 0.491. The van der Waals surface area contributed by atoms with Crippen LogP contribution < -0.4 is 5.73 Å². The first-order valence-electron chi connectivity index (χ1n) is 6.02. The third-order valence-corrected chi connectivity index (χ3v) is 3.23. The molecule has 3 N–H and O–H groups in total. The largest absolute Gasteiger partial charge is 0.398 e. The van der Waals surface area contributed by atoms with Gasteiger partial charge in [0, 0.05) is 24.5 Å². The highest BCUT2D eigenvalue weighted by atomic mass is 16.3. The molecule has 94 valence electrons. The molecule has 0 saturated carbocycles. The molecule has 0 aliphatic heterocycles. The summed E-state index contributed by atoms with van der Waals surface area (Å²) in [6, 6.07) is 7.78. The first kappa shape index (κ1) is 12.6. The molecule has 0 aliphatic carbocycles. The lowest BCUT2D eigenvalue weighted by Gasteiger charge is -2.17. The van der Waals surface area contributed by atoms with Crippen molar-refractivity contribution in [1.82, 2.24) is 4.98 Å². The van der Waals surface area contributed by atoms with Gasteiger partial charge >= 0.3 is 0 Å². The Balaban J connectivity index is 2.28. The lowest BCUT2D eigenvalue weighted by Crippen LogP contribution is -2.08. The van der Waals surface area contributed by atoms with Crippen molar-refractivity contribution >= 4 is 5.69 Å².